The fourth-order valence-corrected chi connectivity index (χ4v) is 7.83. The zero-order valence-electron chi connectivity index (χ0n) is 17.8. The number of amides is 1. The molecule has 9 nitrogen and oxygen atoms in total. The third-order valence-electron chi connectivity index (χ3n) is 5.31. The molecule has 0 spiro atoms. The van der Waals surface area contributed by atoms with Crippen molar-refractivity contribution in [1.82, 2.24) is 0 Å². The lowest BCUT2D eigenvalue weighted by Crippen LogP contribution is -2.38. The van der Waals surface area contributed by atoms with Gasteiger partial charge in [-0.3, -0.25) is 4.79 Å². The number of rotatable bonds is 8. The van der Waals surface area contributed by atoms with Gasteiger partial charge in [0.05, 0.1) is 17.5 Å². The Hall–Kier alpha value is -2.11. The quantitative estimate of drug-likeness (QED) is 0.605. The van der Waals surface area contributed by atoms with Crippen molar-refractivity contribution in [2.75, 3.05) is 47.6 Å². The molecule has 0 saturated carbocycles. The van der Waals surface area contributed by atoms with Gasteiger partial charge in [0, 0.05) is 29.7 Å². The van der Waals surface area contributed by atoms with E-state index in [1.54, 1.807) is 0 Å². The van der Waals surface area contributed by atoms with Crippen LogP contribution in [0.4, 0.5) is 11.4 Å². The predicted molar refractivity (Wildman–Crippen MR) is 122 cm³/mol. The Morgan fingerprint density at radius 1 is 1.26 bits per heavy atom. The van der Waals surface area contributed by atoms with Gasteiger partial charge in [-0.1, -0.05) is 11.8 Å². The normalized spacial score (nSPS) is 23.2. The van der Waals surface area contributed by atoms with Crippen LogP contribution in [-0.4, -0.2) is 79.7 Å². The topological polar surface area (TPSA) is 117 Å². The van der Waals surface area contributed by atoms with Gasteiger partial charge in [0.1, 0.15) is 13.2 Å². The van der Waals surface area contributed by atoms with Gasteiger partial charge in [-0.2, -0.15) is 4.99 Å². The molecule has 0 aromatic heterocycles. The number of carboxylic acid groups (broad SMARTS) is 1. The monoisotopic (exact) mass is 469 g/mol. The lowest BCUT2D eigenvalue weighted by Gasteiger charge is -2.28. The summed E-state index contributed by atoms with van der Waals surface area (Å²) in [5.74, 6) is -1.72. The van der Waals surface area contributed by atoms with Crippen molar-refractivity contribution >= 4 is 50.0 Å². The Labute approximate surface area is 186 Å². The number of aliphatic imine (C=N–C) groups is 1. The highest BCUT2D eigenvalue weighted by Crippen LogP contribution is 2.42. The van der Waals surface area contributed by atoms with Gasteiger partial charge in [0.2, 0.25) is 0 Å². The summed E-state index contributed by atoms with van der Waals surface area (Å²) in [7, 11) is -3.16. The van der Waals surface area contributed by atoms with Crippen LogP contribution >= 0.6 is 11.8 Å². The Morgan fingerprint density at radius 2 is 1.97 bits per heavy atom. The maximum Gasteiger partial charge on any atom is 0.329 e. The lowest BCUT2D eigenvalue weighted by atomic mass is 10.1. The summed E-state index contributed by atoms with van der Waals surface area (Å²) in [5, 5.41) is 8.86. The van der Waals surface area contributed by atoms with Gasteiger partial charge in [0.25, 0.3) is 5.91 Å². The first-order chi connectivity index (χ1) is 14.6. The summed E-state index contributed by atoms with van der Waals surface area (Å²) in [6.07, 6.45) is 0. The summed E-state index contributed by atoms with van der Waals surface area (Å²) in [6, 6.07) is 5.68. The van der Waals surface area contributed by atoms with Crippen LogP contribution in [0.3, 0.4) is 0 Å². The summed E-state index contributed by atoms with van der Waals surface area (Å²) in [6.45, 7) is 6.84. The highest BCUT2D eigenvalue weighted by atomic mass is 32.2. The van der Waals surface area contributed by atoms with E-state index in [0.717, 1.165) is 30.0 Å². The van der Waals surface area contributed by atoms with Crippen molar-refractivity contribution in [3.8, 4) is 0 Å². The highest BCUT2D eigenvalue weighted by Gasteiger charge is 2.49. The van der Waals surface area contributed by atoms with E-state index in [9.17, 15) is 18.0 Å². The van der Waals surface area contributed by atoms with Crippen molar-refractivity contribution < 1.29 is 27.9 Å². The number of hydrogen-bond acceptors (Lipinski definition) is 7. The molecule has 3 rings (SSSR count). The molecule has 2 aliphatic heterocycles. The molecule has 0 aliphatic carbocycles. The molecule has 170 valence electrons. The number of amidine groups is 1. The second-order valence-electron chi connectivity index (χ2n) is 7.49. The molecule has 2 atom stereocenters. The zero-order valence-corrected chi connectivity index (χ0v) is 19.4. The van der Waals surface area contributed by atoms with Crippen LogP contribution < -0.4 is 9.80 Å². The fourth-order valence-electron chi connectivity index (χ4n) is 3.91. The van der Waals surface area contributed by atoms with Crippen molar-refractivity contribution in [3.63, 3.8) is 0 Å². The second-order valence-corrected chi connectivity index (χ2v) is 10.8. The number of ether oxygens (including phenoxy) is 1. The third kappa shape index (κ3) is 5.39. The maximum atomic E-state index is 12.2. The number of nitrogens with zero attached hydrogens (tertiary/aromatic N) is 3. The van der Waals surface area contributed by atoms with Gasteiger partial charge in [-0.25, -0.2) is 13.2 Å². The molecule has 0 bridgehead atoms. The molecule has 2 aliphatic rings. The number of benzene rings is 1. The number of carbonyl (C=O) groups is 2. The minimum atomic E-state index is -3.16. The van der Waals surface area contributed by atoms with Gasteiger partial charge >= 0.3 is 5.97 Å². The van der Waals surface area contributed by atoms with Gasteiger partial charge in [0.15, 0.2) is 15.0 Å². The molecular formula is C20H27N3O6S2. The Morgan fingerprint density at radius 3 is 2.58 bits per heavy atom. The molecular weight excluding hydrogens is 442 g/mol. The first-order valence-electron chi connectivity index (χ1n) is 10.1. The highest BCUT2D eigenvalue weighted by molar-refractivity contribution is 8.16. The second kappa shape index (κ2) is 9.58. The largest absolute Gasteiger partial charge is 0.480 e. The molecule has 0 radical (unpaired) electrons. The summed E-state index contributed by atoms with van der Waals surface area (Å²) in [5.41, 5.74) is 2.84. The van der Waals surface area contributed by atoms with Crippen molar-refractivity contribution in [2.24, 2.45) is 4.99 Å². The molecule has 1 amide bonds. The Bertz CT molecular complexity index is 991. The van der Waals surface area contributed by atoms with E-state index in [4.69, 9.17) is 9.84 Å². The fraction of sp³-hybridized carbons (Fsp3) is 0.550. The molecule has 1 N–H and O–H groups in total. The Kier molecular flexibility index (Phi) is 7.28. The number of thioether (sulfide) groups is 1. The Balaban J connectivity index is 1.92. The zero-order chi connectivity index (χ0) is 22.8. The first-order valence-corrected chi connectivity index (χ1v) is 12.8. The van der Waals surface area contributed by atoms with Crippen LogP contribution in [0.25, 0.3) is 0 Å². The number of fused-ring (bicyclic) bond motifs is 1. The predicted octanol–water partition coefficient (Wildman–Crippen LogP) is 1.54. The van der Waals surface area contributed by atoms with Gasteiger partial charge < -0.3 is 19.6 Å². The lowest BCUT2D eigenvalue weighted by molar-refractivity contribution is -0.143. The minimum absolute atomic E-state index is 0.00459. The van der Waals surface area contributed by atoms with Gasteiger partial charge in [-0.05, 0) is 44.5 Å². The molecule has 0 unspecified atom stereocenters. The third-order valence-corrected chi connectivity index (χ3v) is 8.52. The van der Waals surface area contributed by atoms with E-state index in [1.165, 1.54) is 11.8 Å². The van der Waals surface area contributed by atoms with E-state index in [2.05, 4.69) is 29.8 Å². The molecule has 1 aromatic rings. The van der Waals surface area contributed by atoms with Crippen LogP contribution in [0.5, 0.6) is 0 Å². The van der Waals surface area contributed by atoms with Crippen molar-refractivity contribution in [1.29, 1.82) is 0 Å². The first kappa shape index (κ1) is 23.6. The number of hydrogen-bond donors (Lipinski definition) is 1. The number of aryl methyl sites for hydroxylation is 1. The number of anilines is 2. The van der Waals surface area contributed by atoms with Gasteiger partial charge in [-0.15, -0.1) is 0 Å². The molecule has 2 heterocycles. The van der Waals surface area contributed by atoms with Crippen LogP contribution in [0.15, 0.2) is 23.2 Å². The number of carbonyl (C=O) groups excluding carboxylic acids is 1. The standard InChI is InChI=1S/C20H27N3O6S2/c1-4-22(5-2)14-6-7-15(13(3)8-14)23-16-11-31(27,28)12-17(16)30-20(23)21-18(24)9-29-10-19(25)26/h6-8,16-17H,4-5,9-12H2,1-3H3,(H,25,26)/t16-,17+/m0/s1. The number of carboxylic acids is 1. The molecule has 11 heteroatoms. The van der Waals surface area contributed by atoms with Crippen LogP contribution in [0.2, 0.25) is 0 Å². The molecule has 2 fully saturated rings. The van der Waals surface area contributed by atoms with Crippen molar-refractivity contribution in [3.05, 3.63) is 23.8 Å². The van der Waals surface area contributed by atoms with Crippen LogP contribution in [0.1, 0.15) is 19.4 Å². The van der Waals surface area contributed by atoms with E-state index < -0.39 is 34.9 Å². The van der Waals surface area contributed by atoms with E-state index >= 15 is 0 Å². The van der Waals surface area contributed by atoms with E-state index in [-0.39, 0.29) is 22.8 Å². The SMILES string of the molecule is CCN(CC)c1ccc(N2C(=NC(=O)COCC(=O)O)S[C@@H]3CS(=O)(=O)C[C@@H]32)c(C)c1. The number of sulfone groups is 1. The van der Waals surface area contributed by atoms with Crippen molar-refractivity contribution in [2.45, 2.75) is 32.1 Å². The van der Waals surface area contributed by atoms with Crippen LogP contribution in [-0.2, 0) is 24.2 Å². The minimum Gasteiger partial charge on any atom is -0.480 e. The maximum absolute atomic E-state index is 12.2. The summed E-state index contributed by atoms with van der Waals surface area (Å²) < 4.78 is 29.3. The van der Waals surface area contributed by atoms with Crippen LogP contribution in [0, 0.1) is 6.92 Å². The van der Waals surface area contributed by atoms with E-state index in [0.29, 0.717) is 5.17 Å². The molecule has 1 aromatic carbocycles. The molecule has 31 heavy (non-hydrogen) atoms. The molecule has 2 saturated heterocycles. The average Bonchev–Trinajstić information content (AvgIpc) is 3.13. The smallest absolute Gasteiger partial charge is 0.329 e. The average molecular weight is 470 g/mol. The number of aliphatic carboxylic acids is 1. The summed E-state index contributed by atoms with van der Waals surface area (Å²) in [4.78, 5) is 31.0. The summed E-state index contributed by atoms with van der Waals surface area (Å²) >= 11 is 1.28. The van der Waals surface area contributed by atoms with E-state index in [1.807, 2.05) is 24.0 Å².